The average Bonchev–Trinajstić information content (AvgIpc) is 3.05. The number of ether oxygens (including phenoxy) is 1. The van der Waals surface area contributed by atoms with Crippen LogP contribution in [0.15, 0.2) is 24.3 Å². The highest BCUT2D eigenvalue weighted by Crippen LogP contribution is 2.39. The molecule has 1 unspecified atom stereocenters. The zero-order valence-electron chi connectivity index (χ0n) is 17.1. The number of aryl methyl sites for hydroxylation is 1. The van der Waals surface area contributed by atoms with E-state index in [1.165, 1.54) is 11.3 Å². The lowest BCUT2D eigenvalue weighted by Crippen LogP contribution is -2.20. The molecule has 3 rings (SSSR count). The molecule has 0 radical (unpaired) electrons. The second-order valence-corrected chi connectivity index (χ2v) is 8.63. The fraction of sp³-hybridized carbons (Fsp3) is 0.409. The van der Waals surface area contributed by atoms with E-state index >= 15 is 0 Å². The third-order valence-electron chi connectivity index (χ3n) is 5.06. The molecule has 0 aliphatic heterocycles. The number of carbonyl (C=O) groups is 3. The van der Waals surface area contributed by atoms with Gasteiger partial charge in [-0.1, -0.05) is 19.1 Å². The Labute approximate surface area is 179 Å². The van der Waals surface area contributed by atoms with E-state index in [-0.39, 0.29) is 30.6 Å². The summed E-state index contributed by atoms with van der Waals surface area (Å²) in [6.45, 7) is 1.72. The maximum atomic E-state index is 13.2. The van der Waals surface area contributed by atoms with Crippen LogP contribution in [0.25, 0.3) is 0 Å². The van der Waals surface area contributed by atoms with Gasteiger partial charge in [0.2, 0.25) is 5.91 Å². The van der Waals surface area contributed by atoms with E-state index < -0.39 is 5.97 Å². The number of aliphatic carboxylic acids is 1. The number of hydrogen-bond acceptors (Lipinski definition) is 5. The van der Waals surface area contributed by atoms with Crippen molar-refractivity contribution in [1.82, 2.24) is 0 Å². The molecule has 0 saturated carbocycles. The molecular weight excluding hydrogens is 404 g/mol. The zero-order chi connectivity index (χ0) is 21.7. The Balaban J connectivity index is 1.84. The van der Waals surface area contributed by atoms with Gasteiger partial charge in [-0.3, -0.25) is 14.4 Å². The van der Waals surface area contributed by atoms with Gasteiger partial charge in [0.1, 0.15) is 10.8 Å². The van der Waals surface area contributed by atoms with Crippen molar-refractivity contribution in [2.24, 2.45) is 5.92 Å². The summed E-state index contributed by atoms with van der Waals surface area (Å²) in [7, 11) is 1.54. The molecule has 2 aromatic rings. The van der Waals surface area contributed by atoms with Crippen LogP contribution in [0.4, 0.5) is 10.7 Å². The molecule has 30 heavy (non-hydrogen) atoms. The van der Waals surface area contributed by atoms with Gasteiger partial charge in [-0.25, -0.2) is 0 Å². The van der Waals surface area contributed by atoms with Crippen LogP contribution in [0, 0.1) is 5.92 Å². The maximum Gasteiger partial charge on any atom is 0.303 e. The molecule has 8 heteroatoms. The fourth-order valence-corrected chi connectivity index (χ4v) is 4.99. The van der Waals surface area contributed by atoms with Crippen molar-refractivity contribution in [3.63, 3.8) is 0 Å². The average molecular weight is 431 g/mol. The number of fused-ring (bicyclic) bond motifs is 1. The molecule has 0 fully saturated rings. The topological polar surface area (TPSA) is 105 Å². The molecule has 1 atom stereocenters. The zero-order valence-corrected chi connectivity index (χ0v) is 17.9. The minimum atomic E-state index is -0.932. The van der Waals surface area contributed by atoms with Gasteiger partial charge >= 0.3 is 5.97 Å². The highest BCUT2D eigenvalue weighted by Gasteiger charge is 2.27. The fourth-order valence-electron chi connectivity index (χ4n) is 3.69. The predicted octanol–water partition coefficient (Wildman–Crippen LogP) is 4.33. The van der Waals surface area contributed by atoms with Crippen molar-refractivity contribution >= 4 is 39.8 Å². The second kappa shape index (κ2) is 9.75. The van der Waals surface area contributed by atoms with E-state index in [0.717, 1.165) is 36.1 Å². The van der Waals surface area contributed by atoms with Gasteiger partial charge < -0.3 is 20.5 Å². The molecule has 0 bridgehead atoms. The first-order chi connectivity index (χ1) is 14.4. The van der Waals surface area contributed by atoms with Crippen LogP contribution in [0.1, 0.15) is 53.4 Å². The third kappa shape index (κ3) is 5.18. The van der Waals surface area contributed by atoms with Crippen molar-refractivity contribution in [3.05, 3.63) is 40.3 Å². The summed E-state index contributed by atoms with van der Waals surface area (Å²) in [5.74, 6) is -1.23. The van der Waals surface area contributed by atoms with Crippen LogP contribution >= 0.6 is 11.3 Å². The number of amides is 2. The van der Waals surface area contributed by atoms with E-state index in [4.69, 9.17) is 9.84 Å². The number of carboxylic acid groups (broad SMARTS) is 1. The Hall–Kier alpha value is -2.87. The first-order valence-corrected chi connectivity index (χ1v) is 10.8. The van der Waals surface area contributed by atoms with Gasteiger partial charge in [-0.2, -0.15) is 0 Å². The minimum Gasteiger partial charge on any atom is -0.495 e. The second-order valence-electron chi connectivity index (χ2n) is 7.52. The Kier molecular flexibility index (Phi) is 7.10. The molecule has 3 N–H and O–H groups in total. The van der Waals surface area contributed by atoms with Crippen molar-refractivity contribution in [2.75, 3.05) is 17.7 Å². The number of nitrogens with one attached hydrogen (secondary N) is 2. The number of carboxylic acids is 1. The van der Waals surface area contributed by atoms with Crippen LogP contribution < -0.4 is 15.4 Å². The van der Waals surface area contributed by atoms with Crippen molar-refractivity contribution in [2.45, 2.75) is 45.4 Å². The van der Waals surface area contributed by atoms with Gasteiger partial charge in [0.05, 0.1) is 18.4 Å². The standard InChI is InChI=1S/C22H26N2O5S/c1-13(12-19(26)27)11-18(25)24-22-20(14-7-3-6-10-17(14)30-22)21(28)23-15-8-4-5-9-16(15)29-2/h4-5,8-9,13H,3,6-7,10-12H2,1-2H3,(H,23,28)(H,24,25)(H,26,27). The van der Waals surface area contributed by atoms with E-state index in [1.807, 2.05) is 12.1 Å². The number of methoxy groups -OCH3 is 1. The molecule has 1 aromatic carbocycles. The van der Waals surface area contributed by atoms with E-state index in [2.05, 4.69) is 10.6 Å². The molecular formula is C22H26N2O5S. The highest BCUT2D eigenvalue weighted by molar-refractivity contribution is 7.17. The summed E-state index contributed by atoms with van der Waals surface area (Å²) < 4.78 is 5.32. The van der Waals surface area contributed by atoms with Gasteiger partial charge in [0, 0.05) is 17.7 Å². The molecule has 160 valence electrons. The van der Waals surface area contributed by atoms with Gasteiger partial charge in [-0.15, -0.1) is 11.3 Å². The Bertz CT molecular complexity index is 953. The summed E-state index contributed by atoms with van der Waals surface area (Å²) in [5.41, 5.74) is 2.06. The Morgan fingerprint density at radius 2 is 1.87 bits per heavy atom. The SMILES string of the molecule is COc1ccccc1NC(=O)c1c(NC(=O)CC(C)CC(=O)O)sc2c1CCCC2. The minimum absolute atomic E-state index is 0.0739. The maximum absolute atomic E-state index is 13.2. The molecule has 0 saturated heterocycles. The monoisotopic (exact) mass is 430 g/mol. The van der Waals surface area contributed by atoms with Crippen LogP contribution in [-0.4, -0.2) is 30.0 Å². The van der Waals surface area contributed by atoms with Crippen molar-refractivity contribution < 1.29 is 24.2 Å². The predicted molar refractivity (Wildman–Crippen MR) is 117 cm³/mol. The summed E-state index contributed by atoms with van der Waals surface area (Å²) >= 11 is 1.44. The molecule has 1 heterocycles. The summed E-state index contributed by atoms with van der Waals surface area (Å²) in [6.07, 6.45) is 3.76. The third-order valence-corrected chi connectivity index (χ3v) is 6.27. The lowest BCUT2D eigenvalue weighted by molar-refractivity contribution is -0.138. The van der Waals surface area contributed by atoms with Crippen LogP contribution in [-0.2, 0) is 22.4 Å². The number of anilines is 2. The van der Waals surface area contributed by atoms with Gasteiger partial charge in [0.25, 0.3) is 5.91 Å². The summed E-state index contributed by atoms with van der Waals surface area (Å²) in [4.78, 5) is 37.7. The number of benzene rings is 1. The lowest BCUT2D eigenvalue weighted by Gasteiger charge is -2.15. The summed E-state index contributed by atoms with van der Waals surface area (Å²) in [5, 5.41) is 15.2. The number of thiophene rings is 1. The Morgan fingerprint density at radius 1 is 1.13 bits per heavy atom. The van der Waals surface area contributed by atoms with E-state index in [1.54, 1.807) is 26.2 Å². The highest BCUT2D eigenvalue weighted by atomic mass is 32.1. The van der Waals surface area contributed by atoms with Gasteiger partial charge in [-0.05, 0) is 49.3 Å². The molecule has 1 aromatic heterocycles. The molecule has 1 aliphatic carbocycles. The Morgan fingerprint density at radius 3 is 2.60 bits per heavy atom. The molecule has 1 aliphatic rings. The first kappa shape index (κ1) is 21.8. The number of hydrogen-bond donors (Lipinski definition) is 3. The smallest absolute Gasteiger partial charge is 0.303 e. The van der Waals surface area contributed by atoms with Crippen molar-refractivity contribution in [1.29, 1.82) is 0 Å². The summed E-state index contributed by atoms with van der Waals surface area (Å²) in [6, 6.07) is 7.17. The molecule has 7 nitrogen and oxygen atoms in total. The number of carbonyl (C=O) groups excluding carboxylic acids is 2. The quantitative estimate of drug-likeness (QED) is 0.578. The van der Waals surface area contributed by atoms with E-state index in [9.17, 15) is 14.4 Å². The number of para-hydroxylation sites is 2. The van der Waals surface area contributed by atoms with Crippen LogP contribution in [0.3, 0.4) is 0 Å². The largest absolute Gasteiger partial charge is 0.495 e. The molecule has 2 amide bonds. The van der Waals surface area contributed by atoms with Crippen molar-refractivity contribution in [3.8, 4) is 5.75 Å². The lowest BCUT2D eigenvalue weighted by atomic mass is 9.95. The van der Waals surface area contributed by atoms with E-state index in [0.29, 0.717) is 22.0 Å². The number of rotatable bonds is 8. The van der Waals surface area contributed by atoms with Crippen LogP contribution in [0.2, 0.25) is 0 Å². The normalized spacial score (nSPS) is 13.8. The van der Waals surface area contributed by atoms with Gasteiger partial charge in [0.15, 0.2) is 0 Å². The first-order valence-electron chi connectivity index (χ1n) is 9.99. The van der Waals surface area contributed by atoms with Crippen LogP contribution in [0.5, 0.6) is 5.75 Å². The molecule has 0 spiro atoms.